The van der Waals surface area contributed by atoms with Gasteiger partial charge in [-0.05, 0) is 17.7 Å². The SMILES string of the molecule is CC(C)NCc1c(Cl)cccc1SC1COC1. The zero-order valence-electron chi connectivity index (χ0n) is 10.2. The lowest BCUT2D eigenvalue weighted by molar-refractivity contribution is 0.0455. The van der Waals surface area contributed by atoms with Gasteiger partial charge < -0.3 is 10.1 Å². The summed E-state index contributed by atoms with van der Waals surface area (Å²) in [5, 5.41) is 4.86. The Bertz CT molecular complexity index is 380. The maximum atomic E-state index is 6.27. The van der Waals surface area contributed by atoms with E-state index in [9.17, 15) is 0 Å². The van der Waals surface area contributed by atoms with E-state index in [1.165, 1.54) is 10.5 Å². The Hall–Kier alpha value is -0.220. The monoisotopic (exact) mass is 271 g/mol. The average molecular weight is 272 g/mol. The van der Waals surface area contributed by atoms with Crippen molar-refractivity contribution < 1.29 is 4.74 Å². The molecule has 1 saturated heterocycles. The zero-order valence-corrected chi connectivity index (χ0v) is 11.8. The fourth-order valence-electron chi connectivity index (χ4n) is 1.59. The van der Waals surface area contributed by atoms with Crippen LogP contribution in [0.3, 0.4) is 0 Å². The third kappa shape index (κ3) is 3.62. The Kier molecular flexibility index (Phi) is 4.74. The predicted molar refractivity (Wildman–Crippen MR) is 73.9 cm³/mol. The lowest BCUT2D eigenvalue weighted by Gasteiger charge is -2.26. The lowest BCUT2D eigenvalue weighted by atomic mass is 10.2. The number of thioether (sulfide) groups is 1. The van der Waals surface area contributed by atoms with Gasteiger partial charge in [0, 0.05) is 22.5 Å². The molecule has 0 atom stereocenters. The number of rotatable bonds is 5. The number of nitrogens with one attached hydrogen (secondary N) is 1. The molecule has 1 aliphatic heterocycles. The summed E-state index contributed by atoms with van der Waals surface area (Å²) in [6.45, 7) is 6.82. The molecule has 0 saturated carbocycles. The first-order valence-corrected chi connectivity index (χ1v) is 7.17. The molecule has 1 aliphatic rings. The van der Waals surface area contributed by atoms with Gasteiger partial charge in [0.25, 0.3) is 0 Å². The van der Waals surface area contributed by atoms with E-state index in [1.807, 2.05) is 23.9 Å². The van der Waals surface area contributed by atoms with E-state index in [0.717, 1.165) is 24.8 Å². The van der Waals surface area contributed by atoms with E-state index >= 15 is 0 Å². The maximum absolute atomic E-state index is 6.27. The fourth-order valence-corrected chi connectivity index (χ4v) is 3.06. The van der Waals surface area contributed by atoms with E-state index in [2.05, 4.69) is 25.2 Å². The van der Waals surface area contributed by atoms with Crippen LogP contribution in [0.2, 0.25) is 5.02 Å². The quantitative estimate of drug-likeness (QED) is 0.888. The van der Waals surface area contributed by atoms with Crippen LogP contribution in [-0.4, -0.2) is 24.5 Å². The Balaban J connectivity index is 2.09. The van der Waals surface area contributed by atoms with Crippen LogP contribution in [0.1, 0.15) is 19.4 Å². The van der Waals surface area contributed by atoms with Crippen LogP contribution in [0.15, 0.2) is 23.1 Å². The van der Waals surface area contributed by atoms with Gasteiger partial charge in [0.2, 0.25) is 0 Å². The zero-order chi connectivity index (χ0) is 12.3. The molecule has 1 heterocycles. The minimum Gasteiger partial charge on any atom is -0.379 e. The van der Waals surface area contributed by atoms with Crippen LogP contribution in [0.25, 0.3) is 0 Å². The second kappa shape index (κ2) is 6.10. The molecule has 0 radical (unpaired) electrons. The molecule has 17 heavy (non-hydrogen) atoms. The van der Waals surface area contributed by atoms with Gasteiger partial charge in [-0.25, -0.2) is 0 Å². The third-order valence-corrected chi connectivity index (χ3v) is 4.26. The van der Waals surface area contributed by atoms with Gasteiger partial charge in [-0.2, -0.15) is 0 Å². The molecule has 0 aliphatic carbocycles. The molecule has 0 aromatic heterocycles. The van der Waals surface area contributed by atoms with Crippen LogP contribution in [0.4, 0.5) is 0 Å². The molecule has 0 unspecified atom stereocenters. The highest BCUT2D eigenvalue weighted by Gasteiger charge is 2.21. The van der Waals surface area contributed by atoms with E-state index in [-0.39, 0.29) is 0 Å². The standard InChI is InChI=1S/C13H18ClNOS/c1-9(2)15-6-11-12(14)4-3-5-13(11)17-10-7-16-8-10/h3-5,9-10,15H,6-8H2,1-2H3. The molecule has 2 rings (SSSR count). The molecule has 1 aromatic carbocycles. The summed E-state index contributed by atoms with van der Waals surface area (Å²) in [6, 6.07) is 6.59. The summed E-state index contributed by atoms with van der Waals surface area (Å²) in [4.78, 5) is 1.28. The predicted octanol–water partition coefficient (Wildman–Crippen LogP) is 3.33. The molecule has 0 spiro atoms. The van der Waals surface area contributed by atoms with Crippen LogP contribution >= 0.6 is 23.4 Å². The van der Waals surface area contributed by atoms with Crippen LogP contribution < -0.4 is 5.32 Å². The molecule has 0 amide bonds. The summed E-state index contributed by atoms with van der Waals surface area (Å²) in [6.07, 6.45) is 0. The van der Waals surface area contributed by atoms with E-state index in [1.54, 1.807) is 0 Å². The molecular weight excluding hydrogens is 254 g/mol. The van der Waals surface area contributed by atoms with Crippen molar-refractivity contribution in [2.45, 2.75) is 36.6 Å². The van der Waals surface area contributed by atoms with Gasteiger partial charge in [0.15, 0.2) is 0 Å². The summed E-state index contributed by atoms with van der Waals surface area (Å²) >= 11 is 8.15. The molecular formula is C13H18ClNOS. The van der Waals surface area contributed by atoms with Gasteiger partial charge in [-0.1, -0.05) is 31.5 Å². The van der Waals surface area contributed by atoms with Gasteiger partial charge in [0.05, 0.1) is 18.5 Å². The Morgan fingerprint density at radius 2 is 2.24 bits per heavy atom. The number of benzene rings is 1. The molecule has 1 aromatic rings. The average Bonchev–Trinajstić information content (AvgIpc) is 2.22. The number of hydrogen-bond acceptors (Lipinski definition) is 3. The van der Waals surface area contributed by atoms with E-state index < -0.39 is 0 Å². The molecule has 94 valence electrons. The van der Waals surface area contributed by atoms with Crippen LogP contribution in [0.5, 0.6) is 0 Å². The minimum absolute atomic E-state index is 0.469. The van der Waals surface area contributed by atoms with Crippen molar-refractivity contribution in [3.05, 3.63) is 28.8 Å². The lowest BCUT2D eigenvalue weighted by Crippen LogP contribution is -2.30. The highest BCUT2D eigenvalue weighted by atomic mass is 35.5. The number of ether oxygens (including phenoxy) is 1. The highest BCUT2D eigenvalue weighted by Crippen LogP contribution is 2.33. The van der Waals surface area contributed by atoms with Gasteiger partial charge >= 0.3 is 0 Å². The summed E-state index contributed by atoms with van der Waals surface area (Å²) in [5.41, 5.74) is 1.21. The van der Waals surface area contributed by atoms with Gasteiger partial charge in [0.1, 0.15) is 0 Å². The first kappa shape index (κ1) is 13.2. The first-order valence-electron chi connectivity index (χ1n) is 5.92. The van der Waals surface area contributed by atoms with E-state index in [4.69, 9.17) is 16.3 Å². The Labute approximate surface area is 112 Å². The third-order valence-electron chi connectivity index (χ3n) is 2.66. The van der Waals surface area contributed by atoms with Gasteiger partial charge in [-0.3, -0.25) is 0 Å². The Morgan fingerprint density at radius 3 is 2.82 bits per heavy atom. The topological polar surface area (TPSA) is 21.3 Å². The largest absolute Gasteiger partial charge is 0.379 e. The number of hydrogen-bond donors (Lipinski definition) is 1. The highest BCUT2D eigenvalue weighted by molar-refractivity contribution is 8.00. The van der Waals surface area contributed by atoms with Crippen molar-refractivity contribution in [3.63, 3.8) is 0 Å². The smallest absolute Gasteiger partial charge is 0.0611 e. The van der Waals surface area contributed by atoms with Crippen molar-refractivity contribution in [1.82, 2.24) is 5.32 Å². The van der Waals surface area contributed by atoms with Crippen LogP contribution in [0, 0.1) is 0 Å². The van der Waals surface area contributed by atoms with Crippen molar-refractivity contribution >= 4 is 23.4 Å². The molecule has 2 nitrogen and oxygen atoms in total. The fraction of sp³-hybridized carbons (Fsp3) is 0.538. The van der Waals surface area contributed by atoms with Crippen molar-refractivity contribution in [2.24, 2.45) is 0 Å². The molecule has 1 N–H and O–H groups in total. The Morgan fingerprint density at radius 1 is 1.47 bits per heavy atom. The van der Waals surface area contributed by atoms with Gasteiger partial charge in [-0.15, -0.1) is 11.8 Å². The summed E-state index contributed by atoms with van der Waals surface area (Å²) < 4.78 is 5.21. The molecule has 4 heteroatoms. The van der Waals surface area contributed by atoms with E-state index in [0.29, 0.717) is 11.3 Å². The normalized spacial score (nSPS) is 16.2. The minimum atomic E-state index is 0.469. The van der Waals surface area contributed by atoms with Crippen molar-refractivity contribution in [3.8, 4) is 0 Å². The van der Waals surface area contributed by atoms with Crippen LogP contribution in [-0.2, 0) is 11.3 Å². The summed E-state index contributed by atoms with van der Waals surface area (Å²) in [7, 11) is 0. The second-order valence-corrected chi connectivity index (χ2v) is 6.28. The maximum Gasteiger partial charge on any atom is 0.0611 e. The summed E-state index contributed by atoms with van der Waals surface area (Å²) in [5.74, 6) is 0. The van der Waals surface area contributed by atoms with Crippen molar-refractivity contribution in [2.75, 3.05) is 13.2 Å². The molecule has 1 fully saturated rings. The second-order valence-electron chi connectivity index (χ2n) is 4.53. The molecule has 0 bridgehead atoms. The van der Waals surface area contributed by atoms with Crippen molar-refractivity contribution in [1.29, 1.82) is 0 Å². The first-order chi connectivity index (χ1) is 8.16. The number of halogens is 1.